The molecule has 0 saturated carbocycles. The van der Waals surface area contributed by atoms with Crippen molar-refractivity contribution in [2.75, 3.05) is 12.4 Å². The molecule has 1 aromatic carbocycles. The fourth-order valence-electron chi connectivity index (χ4n) is 2.63. The Morgan fingerprint density at radius 3 is 2.74 bits per heavy atom. The molecule has 0 aliphatic heterocycles. The molecule has 146 valence electrons. The predicted molar refractivity (Wildman–Crippen MR) is 101 cm³/mol. The van der Waals surface area contributed by atoms with Crippen LogP contribution in [-0.4, -0.2) is 30.2 Å². The number of ether oxygens (including phenoxy) is 2. The number of carbonyl (C=O) groups is 2. The summed E-state index contributed by atoms with van der Waals surface area (Å²) in [5.74, 6) is 0.802. The van der Waals surface area contributed by atoms with Crippen molar-refractivity contribution in [1.82, 2.24) is 5.16 Å². The molecule has 0 saturated heterocycles. The second kappa shape index (κ2) is 10.4. The van der Waals surface area contributed by atoms with Gasteiger partial charge in [-0.2, -0.15) is 0 Å². The summed E-state index contributed by atoms with van der Waals surface area (Å²) in [5, 5.41) is 6.36. The zero-order chi connectivity index (χ0) is 19.6. The number of nitrogens with one attached hydrogen (secondary N) is 1. The lowest BCUT2D eigenvalue weighted by Gasteiger charge is -2.17. The van der Waals surface area contributed by atoms with Gasteiger partial charge in [-0.15, -0.1) is 0 Å². The van der Waals surface area contributed by atoms with Crippen LogP contribution in [0, 0.1) is 6.92 Å². The molecule has 1 aromatic heterocycles. The van der Waals surface area contributed by atoms with Crippen molar-refractivity contribution in [2.45, 2.75) is 52.1 Å². The third-order valence-electron chi connectivity index (χ3n) is 4.06. The molecule has 0 spiro atoms. The van der Waals surface area contributed by atoms with Crippen LogP contribution in [-0.2, 0) is 20.7 Å². The van der Waals surface area contributed by atoms with Gasteiger partial charge in [0.25, 0.3) is 5.91 Å². The van der Waals surface area contributed by atoms with Gasteiger partial charge in [-0.1, -0.05) is 36.7 Å². The fraction of sp³-hybridized carbons (Fsp3) is 0.450. The van der Waals surface area contributed by atoms with Crippen LogP contribution in [0.2, 0.25) is 0 Å². The van der Waals surface area contributed by atoms with Gasteiger partial charge in [-0.05, 0) is 37.8 Å². The quantitative estimate of drug-likeness (QED) is 0.638. The Morgan fingerprint density at radius 2 is 2.07 bits per heavy atom. The number of amides is 1. The second-order valence-electron chi connectivity index (χ2n) is 6.24. The molecule has 0 bridgehead atoms. The van der Waals surface area contributed by atoms with Crippen LogP contribution in [0.4, 0.5) is 5.82 Å². The lowest BCUT2D eigenvalue weighted by molar-refractivity contribution is -0.154. The molecule has 0 aliphatic rings. The van der Waals surface area contributed by atoms with E-state index in [-0.39, 0.29) is 6.42 Å². The highest BCUT2D eigenvalue weighted by atomic mass is 16.5. The van der Waals surface area contributed by atoms with Crippen molar-refractivity contribution >= 4 is 17.7 Å². The van der Waals surface area contributed by atoms with E-state index in [0.717, 1.165) is 24.2 Å². The molecule has 7 nitrogen and oxygen atoms in total. The number of methoxy groups -OCH3 is 1. The van der Waals surface area contributed by atoms with E-state index in [4.69, 9.17) is 14.0 Å². The minimum atomic E-state index is -0.855. The van der Waals surface area contributed by atoms with Crippen LogP contribution in [0.1, 0.15) is 43.9 Å². The van der Waals surface area contributed by atoms with Gasteiger partial charge in [0.1, 0.15) is 11.5 Å². The van der Waals surface area contributed by atoms with Gasteiger partial charge in [-0.3, -0.25) is 9.59 Å². The molecule has 0 radical (unpaired) electrons. The molecule has 1 amide bonds. The van der Waals surface area contributed by atoms with Crippen molar-refractivity contribution in [3.8, 4) is 5.75 Å². The van der Waals surface area contributed by atoms with Crippen molar-refractivity contribution in [3.05, 3.63) is 41.7 Å². The van der Waals surface area contributed by atoms with Gasteiger partial charge in [0, 0.05) is 12.5 Å². The summed E-state index contributed by atoms with van der Waals surface area (Å²) in [6, 6.07) is 9.12. The van der Waals surface area contributed by atoms with E-state index in [1.807, 2.05) is 31.2 Å². The highest BCUT2D eigenvalue weighted by Gasteiger charge is 2.23. The van der Waals surface area contributed by atoms with Gasteiger partial charge in [0.05, 0.1) is 7.11 Å². The van der Waals surface area contributed by atoms with E-state index in [1.54, 1.807) is 20.1 Å². The number of aromatic nitrogens is 1. The van der Waals surface area contributed by atoms with E-state index in [0.29, 0.717) is 24.4 Å². The van der Waals surface area contributed by atoms with E-state index >= 15 is 0 Å². The van der Waals surface area contributed by atoms with E-state index in [9.17, 15) is 9.59 Å². The van der Waals surface area contributed by atoms with E-state index < -0.39 is 18.0 Å². The molecule has 1 heterocycles. The maximum atomic E-state index is 12.4. The predicted octanol–water partition coefficient (Wildman–Crippen LogP) is 3.66. The molecule has 1 N–H and O–H groups in total. The standard InChI is InChI=1S/C20H26N2O5/c1-4-5-9-17(20(24)21-18-13-14(2)27-22-18)26-19(23)12-11-15-8-6-7-10-16(15)25-3/h6-8,10,13,17H,4-5,9,11-12H2,1-3H3,(H,21,22,24). The Kier molecular flexibility index (Phi) is 7.85. The van der Waals surface area contributed by atoms with E-state index in [2.05, 4.69) is 10.5 Å². The Labute approximate surface area is 159 Å². The first-order valence-corrected chi connectivity index (χ1v) is 9.09. The Hall–Kier alpha value is -2.83. The molecule has 0 aliphatic carbocycles. The van der Waals surface area contributed by atoms with Gasteiger partial charge in [0.15, 0.2) is 11.9 Å². The average Bonchev–Trinajstić information content (AvgIpc) is 3.08. The second-order valence-corrected chi connectivity index (χ2v) is 6.24. The molecule has 1 atom stereocenters. The summed E-state index contributed by atoms with van der Waals surface area (Å²) in [7, 11) is 1.59. The zero-order valence-electron chi connectivity index (χ0n) is 16.0. The summed E-state index contributed by atoms with van der Waals surface area (Å²) in [6.07, 6.45) is 1.92. The summed E-state index contributed by atoms with van der Waals surface area (Å²) in [5.41, 5.74) is 0.921. The molecular formula is C20H26N2O5. The van der Waals surface area contributed by atoms with Crippen molar-refractivity contribution < 1.29 is 23.6 Å². The number of aryl methyl sites for hydroxylation is 2. The molecule has 27 heavy (non-hydrogen) atoms. The third-order valence-corrected chi connectivity index (χ3v) is 4.06. The van der Waals surface area contributed by atoms with Crippen LogP contribution in [0.5, 0.6) is 5.75 Å². The van der Waals surface area contributed by atoms with Crippen molar-refractivity contribution in [1.29, 1.82) is 0 Å². The Morgan fingerprint density at radius 1 is 1.30 bits per heavy atom. The summed E-state index contributed by atoms with van der Waals surface area (Å²) in [6.45, 7) is 3.74. The number of esters is 1. The number of hydrogen-bond donors (Lipinski definition) is 1. The maximum Gasteiger partial charge on any atom is 0.306 e. The van der Waals surface area contributed by atoms with Crippen LogP contribution < -0.4 is 10.1 Å². The maximum absolute atomic E-state index is 12.4. The average molecular weight is 374 g/mol. The highest BCUT2D eigenvalue weighted by molar-refractivity contribution is 5.94. The SMILES string of the molecule is CCCCC(OC(=O)CCc1ccccc1OC)C(=O)Nc1cc(C)on1. The third kappa shape index (κ3) is 6.44. The normalized spacial score (nSPS) is 11.7. The molecule has 1 unspecified atom stereocenters. The van der Waals surface area contributed by atoms with E-state index in [1.165, 1.54) is 0 Å². The molecule has 2 rings (SSSR count). The lowest BCUT2D eigenvalue weighted by atomic mass is 10.1. The number of anilines is 1. The smallest absolute Gasteiger partial charge is 0.306 e. The molecule has 2 aromatic rings. The number of carbonyl (C=O) groups excluding carboxylic acids is 2. The van der Waals surface area contributed by atoms with Crippen LogP contribution >= 0.6 is 0 Å². The first-order chi connectivity index (χ1) is 13.0. The zero-order valence-corrected chi connectivity index (χ0v) is 16.0. The first kappa shape index (κ1) is 20.5. The minimum Gasteiger partial charge on any atom is -0.496 e. The number of rotatable bonds is 10. The Balaban J connectivity index is 1.93. The number of benzene rings is 1. The van der Waals surface area contributed by atoms with Crippen molar-refractivity contribution in [3.63, 3.8) is 0 Å². The number of nitrogens with zero attached hydrogens (tertiary/aromatic N) is 1. The molecule has 0 fully saturated rings. The van der Waals surface area contributed by atoms with Crippen LogP contribution in [0.25, 0.3) is 0 Å². The number of hydrogen-bond acceptors (Lipinski definition) is 6. The minimum absolute atomic E-state index is 0.166. The Bertz CT molecular complexity index is 756. The number of unbranched alkanes of at least 4 members (excludes halogenated alkanes) is 1. The van der Waals surface area contributed by atoms with Gasteiger partial charge in [0.2, 0.25) is 0 Å². The molecular weight excluding hydrogens is 348 g/mol. The summed E-state index contributed by atoms with van der Waals surface area (Å²) in [4.78, 5) is 24.7. The monoisotopic (exact) mass is 374 g/mol. The van der Waals surface area contributed by atoms with Gasteiger partial charge in [-0.25, -0.2) is 0 Å². The lowest BCUT2D eigenvalue weighted by Crippen LogP contribution is -2.32. The topological polar surface area (TPSA) is 90.7 Å². The number of para-hydroxylation sites is 1. The van der Waals surface area contributed by atoms with Gasteiger partial charge < -0.3 is 19.3 Å². The van der Waals surface area contributed by atoms with Crippen LogP contribution in [0.15, 0.2) is 34.9 Å². The van der Waals surface area contributed by atoms with Crippen molar-refractivity contribution in [2.24, 2.45) is 0 Å². The summed E-state index contributed by atoms with van der Waals surface area (Å²) < 4.78 is 15.7. The largest absolute Gasteiger partial charge is 0.496 e. The molecule has 7 heteroatoms. The van der Waals surface area contributed by atoms with Crippen LogP contribution in [0.3, 0.4) is 0 Å². The summed E-state index contributed by atoms with van der Waals surface area (Å²) >= 11 is 0. The first-order valence-electron chi connectivity index (χ1n) is 9.09. The fourth-order valence-corrected chi connectivity index (χ4v) is 2.63. The highest BCUT2D eigenvalue weighted by Crippen LogP contribution is 2.19. The van der Waals surface area contributed by atoms with Gasteiger partial charge >= 0.3 is 5.97 Å².